The fourth-order valence-corrected chi connectivity index (χ4v) is 4.16. The number of hydrogen-bond donors (Lipinski definition) is 1. The zero-order valence-electron chi connectivity index (χ0n) is 13.1. The van der Waals surface area contributed by atoms with Crippen LogP contribution in [0.15, 0.2) is 46.9 Å². The van der Waals surface area contributed by atoms with Crippen LogP contribution in [-0.2, 0) is 4.74 Å². The molecule has 2 aromatic carbocycles. The van der Waals surface area contributed by atoms with Crippen molar-refractivity contribution in [3.63, 3.8) is 0 Å². The largest absolute Gasteiger partial charge is 0.497 e. The first-order valence-electron chi connectivity index (χ1n) is 8.08. The summed E-state index contributed by atoms with van der Waals surface area (Å²) in [6, 6.07) is 15.1. The molecule has 2 heterocycles. The van der Waals surface area contributed by atoms with Crippen molar-refractivity contribution in [3.8, 4) is 5.75 Å². The van der Waals surface area contributed by atoms with E-state index in [1.54, 1.807) is 7.11 Å². The normalized spacial score (nSPS) is 25.9. The summed E-state index contributed by atoms with van der Waals surface area (Å²) in [5, 5.41) is 3.74. The van der Waals surface area contributed by atoms with Crippen LogP contribution in [0, 0.1) is 5.92 Å². The quantitative estimate of drug-likeness (QED) is 0.794. The van der Waals surface area contributed by atoms with E-state index < -0.39 is 0 Å². The second kappa shape index (κ2) is 6.17. The van der Waals surface area contributed by atoms with Gasteiger partial charge in [0.1, 0.15) is 5.75 Å². The summed E-state index contributed by atoms with van der Waals surface area (Å²) in [5.74, 6) is 1.35. The molecule has 0 bridgehead atoms. The van der Waals surface area contributed by atoms with Crippen LogP contribution in [0.3, 0.4) is 0 Å². The standard InChI is InChI=1S/C19H20BrNO2/c1-22-14-7-4-12(5-8-14)18-15-3-2-10-23-19(15)16-11-13(20)6-9-17(16)21-18/h4-9,11,15,18-19,21H,2-3,10H2,1H3. The fourth-order valence-electron chi connectivity index (χ4n) is 3.78. The predicted octanol–water partition coefficient (Wildman–Crippen LogP) is 5.09. The van der Waals surface area contributed by atoms with Crippen molar-refractivity contribution >= 4 is 21.6 Å². The molecule has 0 saturated carbocycles. The van der Waals surface area contributed by atoms with Gasteiger partial charge in [-0.25, -0.2) is 0 Å². The van der Waals surface area contributed by atoms with Crippen LogP contribution in [0.1, 0.15) is 36.1 Å². The Balaban J connectivity index is 1.73. The topological polar surface area (TPSA) is 30.5 Å². The lowest BCUT2D eigenvalue weighted by molar-refractivity contribution is -0.0381. The summed E-state index contributed by atoms with van der Waals surface area (Å²) in [4.78, 5) is 0. The van der Waals surface area contributed by atoms with Gasteiger partial charge in [-0.05, 0) is 48.7 Å². The van der Waals surface area contributed by atoms with E-state index in [9.17, 15) is 0 Å². The Morgan fingerprint density at radius 2 is 2.00 bits per heavy atom. The van der Waals surface area contributed by atoms with E-state index in [2.05, 4.69) is 51.6 Å². The molecule has 2 aliphatic heterocycles. The highest BCUT2D eigenvalue weighted by molar-refractivity contribution is 9.10. The van der Waals surface area contributed by atoms with Crippen molar-refractivity contribution in [3.05, 3.63) is 58.1 Å². The average molecular weight is 374 g/mol. The maximum Gasteiger partial charge on any atom is 0.118 e. The number of ether oxygens (including phenoxy) is 2. The Bertz CT molecular complexity index is 701. The summed E-state index contributed by atoms with van der Waals surface area (Å²) in [6.45, 7) is 0.850. The smallest absolute Gasteiger partial charge is 0.118 e. The van der Waals surface area contributed by atoms with E-state index in [0.717, 1.165) is 23.2 Å². The number of rotatable bonds is 2. The minimum Gasteiger partial charge on any atom is -0.497 e. The molecule has 3 unspecified atom stereocenters. The molecule has 4 rings (SSSR count). The van der Waals surface area contributed by atoms with E-state index in [1.807, 2.05) is 12.1 Å². The molecule has 0 aliphatic carbocycles. The summed E-state index contributed by atoms with van der Waals surface area (Å²) in [7, 11) is 1.70. The number of hydrogen-bond acceptors (Lipinski definition) is 3. The Kier molecular flexibility index (Phi) is 4.04. The molecular weight excluding hydrogens is 354 g/mol. The molecule has 0 radical (unpaired) electrons. The SMILES string of the molecule is COc1ccc(C2Nc3ccc(Br)cc3C3OCCCC23)cc1. The van der Waals surface area contributed by atoms with Crippen molar-refractivity contribution in [1.29, 1.82) is 0 Å². The molecule has 0 spiro atoms. The molecule has 0 amide bonds. The lowest BCUT2D eigenvalue weighted by Gasteiger charge is -2.43. The van der Waals surface area contributed by atoms with Gasteiger partial charge in [-0.3, -0.25) is 0 Å². The molecule has 120 valence electrons. The van der Waals surface area contributed by atoms with E-state index in [-0.39, 0.29) is 12.1 Å². The third-order valence-electron chi connectivity index (χ3n) is 4.90. The number of benzene rings is 2. The first-order valence-corrected chi connectivity index (χ1v) is 8.87. The second-order valence-electron chi connectivity index (χ2n) is 6.22. The molecular formula is C19H20BrNO2. The first-order chi connectivity index (χ1) is 11.3. The van der Waals surface area contributed by atoms with Crippen LogP contribution in [0.4, 0.5) is 5.69 Å². The van der Waals surface area contributed by atoms with Gasteiger partial charge in [0.15, 0.2) is 0 Å². The Morgan fingerprint density at radius 1 is 1.17 bits per heavy atom. The van der Waals surface area contributed by atoms with Crippen molar-refractivity contribution in [2.24, 2.45) is 5.92 Å². The molecule has 1 saturated heterocycles. The second-order valence-corrected chi connectivity index (χ2v) is 7.14. The molecule has 1 N–H and O–H groups in total. The van der Waals surface area contributed by atoms with Gasteiger partial charge in [0.25, 0.3) is 0 Å². The molecule has 0 aromatic heterocycles. The average Bonchev–Trinajstić information content (AvgIpc) is 2.61. The molecule has 2 aliphatic rings. The maximum absolute atomic E-state index is 6.17. The summed E-state index contributed by atoms with van der Waals surface area (Å²) in [6.07, 6.45) is 2.48. The fraction of sp³-hybridized carbons (Fsp3) is 0.368. The van der Waals surface area contributed by atoms with Gasteiger partial charge in [-0.2, -0.15) is 0 Å². The van der Waals surface area contributed by atoms with Crippen LogP contribution in [0.25, 0.3) is 0 Å². The van der Waals surface area contributed by atoms with Gasteiger partial charge in [-0.15, -0.1) is 0 Å². The Hall–Kier alpha value is -1.52. The summed E-state index contributed by atoms with van der Waals surface area (Å²) < 4.78 is 12.6. The van der Waals surface area contributed by atoms with Gasteiger partial charge in [0.05, 0.1) is 19.3 Å². The van der Waals surface area contributed by atoms with Crippen molar-refractivity contribution < 1.29 is 9.47 Å². The van der Waals surface area contributed by atoms with Crippen LogP contribution in [0.5, 0.6) is 5.75 Å². The van der Waals surface area contributed by atoms with Crippen LogP contribution >= 0.6 is 15.9 Å². The van der Waals surface area contributed by atoms with E-state index in [0.29, 0.717) is 5.92 Å². The molecule has 23 heavy (non-hydrogen) atoms. The highest BCUT2D eigenvalue weighted by Gasteiger charge is 2.39. The monoisotopic (exact) mass is 373 g/mol. The summed E-state index contributed by atoms with van der Waals surface area (Å²) >= 11 is 3.59. The van der Waals surface area contributed by atoms with Crippen LogP contribution < -0.4 is 10.1 Å². The highest BCUT2D eigenvalue weighted by Crippen LogP contribution is 2.49. The highest BCUT2D eigenvalue weighted by atomic mass is 79.9. The van der Waals surface area contributed by atoms with Gasteiger partial charge >= 0.3 is 0 Å². The van der Waals surface area contributed by atoms with Gasteiger partial charge in [0.2, 0.25) is 0 Å². The van der Waals surface area contributed by atoms with Crippen molar-refractivity contribution in [2.75, 3.05) is 19.0 Å². The van der Waals surface area contributed by atoms with Gasteiger partial charge in [0, 0.05) is 28.2 Å². The zero-order valence-corrected chi connectivity index (χ0v) is 14.7. The van der Waals surface area contributed by atoms with E-state index >= 15 is 0 Å². The summed E-state index contributed by atoms with van der Waals surface area (Å²) in [5.41, 5.74) is 3.74. The third-order valence-corrected chi connectivity index (χ3v) is 5.40. The molecule has 3 atom stereocenters. The van der Waals surface area contributed by atoms with Crippen LogP contribution in [-0.4, -0.2) is 13.7 Å². The van der Waals surface area contributed by atoms with E-state index in [4.69, 9.17) is 9.47 Å². The first kappa shape index (κ1) is 15.0. The predicted molar refractivity (Wildman–Crippen MR) is 94.9 cm³/mol. The lowest BCUT2D eigenvalue weighted by atomic mass is 9.77. The lowest BCUT2D eigenvalue weighted by Crippen LogP contribution is -2.35. The minimum atomic E-state index is 0.171. The Labute approximate surface area is 145 Å². The zero-order chi connectivity index (χ0) is 15.8. The molecule has 3 nitrogen and oxygen atoms in total. The number of nitrogens with one attached hydrogen (secondary N) is 1. The third kappa shape index (κ3) is 2.74. The maximum atomic E-state index is 6.17. The van der Waals surface area contributed by atoms with Crippen molar-refractivity contribution in [2.45, 2.75) is 25.0 Å². The molecule has 1 fully saturated rings. The van der Waals surface area contributed by atoms with Crippen molar-refractivity contribution in [1.82, 2.24) is 0 Å². The molecule has 2 aromatic rings. The van der Waals surface area contributed by atoms with Crippen LogP contribution in [0.2, 0.25) is 0 Å². The van der Waals surface area contributed by atoms with E-state index in [1.165, 1.54) is 23.2 Å². The minimum absolute atomic E-state index is 0.171. The van der Waals surface area contributed by atoms with Gasteiger partial charge in [-0.1, -0.05) is 28.1 Å². The Morgan fingerprint density at radius 3 is 2.78 bits per heavy atom. The number of halogens is 1. The molecule has 4 heteroatoms. The number of anilines is 1. The number of methoxy groups -OCH3 is 1. The van der Waals surface area contributed by atoms with Gasteiger partial charge < -0.3 is 14.8 Å². The number of fused-ring (bicyclic) bond motifs is 3.